The number of anilines is 2. The third-order valence-corrected chi connectivity index (χ3v) is 3.01. The first-order valence-electron chi connectivity index (χ1n) is 6.45. The molecule has 2 rings (SSSR count). The molecule has 0 aliphatic rings. The number of nitrogens with zero attached hydrogens (tertiary/aromatic N) is 2. The van der Waals surface area contributed by atoms with Gasteiger partial charge >= 0.3 is 0 Å². The Bertz CT molecular complexity index is 667. The standard InChI is InChI=1S/C15H17N5S/c1-10-6-7-14(12(16)9-10)18-15(21)20-19-11(2)13-5-3-4-8-17-13/h3-9H,16H2,1-2H3,(H2,18,20,21)/b19-11+. The highest BCUT2D eigenvalue weighted by molar-refractivity contribution is 7.80. The fourth-order valence-electron chi connectivity index (χ4n) is 1.71. The second-order valence-electron chi connectivity index (χ2n) is 4.57. The zero-order chi connectivity index (χ0) is 15.2. The van der Waals surface area contributed by atoms with Crippen LogP contribution in [0.4, 0.5) is 11.4 Å². The third kappa shape index (κ3) is 4.25. The fraction of sp³-hybridized carbons (Fsp3) is 0.133. The van der Waals surface area contributed by atoms with E-state index in [1.807, 2.05) is 50.2 Å². The van der Waals surface area contributed by atoms with E-state index in [-0.39, 0.29) is 0 Å². The Hall–Kier alpha value is -2.47. The number of aryl methyl sites for hydroxylation is 1. The van der Waals surface area contributed by atoms with E-state index in [1.54, 1.807) is 6.20 Å². The van der Waals surface area contributed by atoms with E-state index in [0.717, 1.165) is 22.7 Å². The van der Waals surface area contributed by atoms with Gasteiger partial charge in [-0.05, 0) is 55.9 Å². The fourth-order valence-corrected chi connectivity index (χ4v) is 1.87. The van der Waals surface area contributed by atoms with Crippen LogP contribution in [0.5, 0.6) is 0 Å². The molecule has 0 amide bonds. The molecule has 0 unspecified atom stereocenters. The Balaban J connectivity index is 1.99. The third-order valence-electron chi connectivity index (χ3n) is 2.82. The van der Waals surface area contributed by atoms with Crippen molar-refractivity contribution < 1.29 is 0 Å². The van der Waals surface area contributed by atoms with Crippen LogP contribution in [0.15, 0.2) is 47.7 Å². The Labute approximate surface area is 129 Å². The SMILES string of the molecule is C/C(=N\NC(=S)Nc1ccc(C)cc1N)c1ccccn1. The van der Waals surface area contributed by atoms with Gasteiger partial charge < -0.3 is 11.1 Å². The molecule has 6 heteroatoms. The van der Waals surface area contributed by atoms with E-state index in [2.05, 4.69) is 20.8 Å². The van der Waals surface area contributed by atoms with Crippen LogP contribution in [0.2, 0.25) is 0 Å². The van der Waals surface area contributed by atoms with Crippen LogP contribution in [0.3, 0.4) is 0 Å². The first-order chi connectivity index (χ1) is 10.1. The van der Waals surface area contributed by atoms with Gasteiger partial charge in [0.25, 0.3) is 0 Å². The van der Waals surface area contributed by atoms with Gasteiger partial charge in [0.1, 0.15) is 0 Å². The number of pyridine rings is 1. The van der Waals surface area contributed by atoms with Crippen molar-refractivity contribution in [1.82, 2.24) is 10.4 Å². The highest BCUT2D eigenvalue weighted by atomic mass is 32.1. The van der Waals surface area contributed by atoms with Gasteiger partial charge in [-0.2, -0.15) is 5.10 Å². The van der Waals surface area contributed by atoms with Crippen molar-refractivity contribution in [3.63, 3.8) is 0 Å². The first kappa shape index (κ1) is 14.9. The summed E-state index contributed by atoms with van der Waals surface area (Å²) in [5.41, 5.74) is 12.7. The zero-order valence-corrected chi connectivity index (χ0v) is 12.7. The molecule has 0 radical (unpaired) electrons. The minimum absolute atomic E-state index is 0.376. The van der Waals surface area contributed by atoms with Crippen molar-refractivity contribution in [3.05, 3.63) is 53.9 Å². The molecule has 0 fully saturated rings. The minimum atomic E-state index is 0.376. The van der Waals surface area contributed by atoms with Crippen LogP contribution in [0.25, 0.3) is 0 Å². The van der Waals surface area contributed by atoms with E-state index in [0.29, 0.717) is 10.8 Å². The summed E-state index contributed by atoms with van der Waals surface area (Å²) in [7, 11) is 0. The molecule has 0 saturated carbocycles. The Morgan fingerprint density at radius 1 is 1.29 bits per heavy atom. The van der Waals surface area contributed by atoms with Crippen molar-refractivity contribution in [2.75, 3.05) is 11.1 Å². The molecule has 0 aliphatic carbocycles. The molecule has 0 saturated heterocycles. The van der Waals surface area contributed by atoms with Crippen molar-refractivity contribution in [1.29, 1.82) is 0 Å². The number of aromatic nitrogens is 1. The smallest absolute Gasteiger partial charge is 0.191 e. The van der Waals surface area contributed by atoms with E-state index in [1.165, 1.54) is 0 Å². The summed E-state index contributed by atoms with van der Waals surface area (Å²) >= 11 is 5.19. The van der Waals surface area contributed by atoms with E-state index >= 15 is 0 Å². The molecular weight excluding hydrogens is 282 g/mol. The van der Waals surface area contributed by atoms with Gasteiger partial charge in [0.15, 0.2) is 5.11 Å². The summed E-state index contributed by atoms with van der Waals surface area (Å²) < 4.78 is 0. The monoisotopic (exact) mass is 299 g/mol. The molecule has 2 aromatic rings. The Morgan fingerprint density at radius 3 is 2.76 bits per heavy atom. The summed E-state index contributed by atoms with van der Waals surface area (Å²) in [6.07, 6.45) is 1.72. The predicted octanol–water partition coefficient (Wildman–Crippen LogP) is 2.68. The summed E-state index contributed by atoms with van der Waals surface area (Å²) in [6, 6.07) is 11.4. The maximum atomic E-state index is 5.92. The maximum absolute atomic E-state index is 5.92. The van der Waals surface area contributed by atoms with Crippen LogP contribution in [-0.2, 0) is 0 Å². The second-order valence-corrected chi connectivity index (χ2v) is 4.98. The number of nitrogens with one attached hydrogen (secondary N) is 2. The van der Waals surface area contributed by atoms with Gasteiger partial charge in [-0.3, -0.25) is 10.4 Å². The van der Waals surface area contributed by atoms with Crippen LogP contribution < -0.4 is 16.5 Å². The lowest BCUT2D eigenvalue weighted by molar-refractivity contribution is 1.03. The number of hydrogen-bond acceptors (Lipinski definition) is 4. The lowest BCUT2D eigenvalue weighted by atomic mass is 10.2. The minimum Gasteiger partial charge on any atom is -0.397 e. The van der Waals surface area contributed by atoms with E-state index in [9.17, 15) is 0 Å². The summed E-state index contributed by atoms with van der Waals surface area (Å²) in [6.45, 7) is 3.84. The van der Waals surface area contributed by atoms with Gasteiger partial charge in [-0.15, -0.1) is 0 Å². The lowest BCUT2D eigenvalue weighted by Gasteiger charge is -2.10. The first-order valence-corrected chi connectivity index (χ1v) is 6.86. The molecule has 108 valence electrons. The summed E-state index contributed by atoms with van der Waals surface area (Å²) in [4.78, 5) is 4.21. The molecule has 0 atom stereocenters. The number of nitrogen functional groups attached to an aromatic ring is 1. The molecule has 1 aromatic carbocycles. The van der Waals surface area contributed by atoms with E-state index < -0.39 is 0 Å². The number of benzene rings is 1. The molecule has 21 heavy (non-hydrogen) atoms. The summed E-state index contributed by atoms with van der Waals surface area (Å²) in [5.74, 6) is 0. The van der Waals surface area contributed by atoms with E-state index in [4.69, 9.17) is 18.0 Å². The second kappa shape index (κ2) is 6.81. The van der Waals surface area contributed by atoms with Crippen molar-refractivity contribution in [3.8, 4) is 0 Å². The largest absolute Gasteiger partial charge is 0.397 e. The Morgan fingerprint density at radius 2 is 2.10 bits per heavy atom. The number of nitrogens with two attached hydrogens (primary N) is 1. The maximum Gasteiger partial charge on any atom is 0.191 e. The molecular formula is C15H17N5S. The van der Waals surface area contributed by atoms with Gasteiger partial charge in [0.05, 0.1) is 22.8 Å². The molecule has 0 bridgehead atoms. The molecule has 4 N–H and O–H groups in total. The van der Waals surface area contributed by atoms with Crippen LogP contribution in [0, 0.1) is 6.92 Å². The lowest BCUT2D eigenvalue weighted by Crippen LogP contribution is -2.25. The number of thiocarbonyl (C=S) groups is 1. The molecule has 0 spiro atoms. The van der Waals surface area contributed by atoms with Gasteiger partial charge in [0.2, 0.25) is 0 Å². The number of hydrazone groups is 1. The van der Waals surface area contributed by atoms with Crippen molar-refractivity contribution in [2.45, 2.75) is 13.8 Å². The van der Waals surface area contributed by atoms with Gasteiger partial charge in [-0.25, -0.2) is 0 Å². The average Bonchev–Trinajstić information content (AvgIpc) is 2.48. The van der Waals surface area contributed by atoms with Gasteiger partial charge in [-0.1, -0.05) is 12.1 Å². The Kier molecular flexibility index (Phi) is 4.84. The van der Waals surface area contributed by atoms with Crippen LogP contribution >= 0.6 is 12.2 Å². The van der Waals surface area contributed by atoms with Crippen molar-refractivity contribution >= 4 is 34.4 Å². The highest BCUT2D eigenvalue weighted by Crippen LogP contribution is 2.19. The van der Waals surface area contributed by atoms with Gasteiger partial charge in [0, 0.05) is 6.20 Å². The predicted molar refractivity (Wildman–Crippen MR) is 91.4 cm³/mol. The number of hydrogen-bond donors (Lipinski definition) is 3. The zero-order valence-electron chi connectivity index (χ0n) is 11.9. The molecule has 1 heterocycles. The molecule has 5 nitrogen and oxygen atoms in total. The van der Waals surface area contributed by atoms with Crippen LogP contribution in [0.1, 0.15) is 18.2 Å². The normalized spacial score (nSPS) is 11.0. The molecule has 1 aromatic heterocycles. The highest BCUT2D eigenvalue weighted by Gasteiger charge is 2.02. The molecule has 0 aliphatic heterocycles. The van der Waals surface area contributed by atoms with Crippen LogP contribution in [-0.4, -0.2) is 15.8 Å². The topological polar surface area (TPSA) is 75.3 Å². The number of rotatable bonds is 3. The van der Waals surface area contributed by atoms with Crippen molar-refractivity contribution in [2.24, 2.45) is 5.10 Å². The average molecular weight is 299 g/mol. The summed E-state index contributed by atoms with van der Waals surface area (Å²) in [5, 5.41) is 7.59. The quantitative estimate of drug-likeness (QED) is 0.352.